The summed E-state index contributed by atoms with van der Waals surface area (Å²) in [7, 11) is 0. The van der Waals surface area contributed by atoms with Gasteiger partial charge in [-0.25, -0.2) is 4.98 Å². The fraction of sp³-hybridized carbons (Fsp3) is 0.231. The van der Waals surface area contributed by atoms with Crippen molar-refractivity contribution in [2.45, 2.75) is 20.4 Å². The summed E-state index contributed by atoms with van der Waals surface area (Å²) in [5.41, 5.74) is 9.68. The first-order valence-electron chi connectivity index (χ1n) is 5.53. The lowest BCUT2D eigenvalue weighted by atomic mass is 10.1. The number of pyridine rings is 2. The molecule has 2 aromatic rings. The lowest BCUT2D eigenvalue weighted by Crippen LogP contribution is -2.04. The summed E-state index contributed by atoms with van der Waals surface area (Å²) in [6, 6.07) is 5.76. The highest BCUT2D eigenvalue weighted by molar-refractivity contribution is 5.49. The third-order valence-corrected chi connectivity index (χ3v) is 2.72. The van der Waals surface area contributed by atoms with Gasteiger partial charge in [0.2, 0.25) is 0 Å². The Morgan fingerprint density at radius 3 is 2.76 bits per heavy atom. The van der Waals surface area contributed by atoms with E-state index in [1.807, 2.05) is 38.2 Å². The third kappa shape index (κ3) is 2.72. The monoisotopic (exact) mass is 228 g/mol. The molecule has 88 valence electrons. The molecule has 3 N–H and O–H groups in total. The molecule has 2 aromatic heterocycles. The summed E-state index contributed by atoms with van der Waals surface area (Å²) in [6.07, 6.45) is 3.66. The van der Waals surface area contributed by atoms with E-state index in [0.717, 1.165) is 23.7 Å². The molecule has 0 aliphatic carbocycles. The quantitative estimate of drug-likeness (QED) is 0.846. The Labute approximate surface area is 101 Å². The Bertz CT molecular complexity index is 523. The van der Waals surface area contributed by atoms with Gasteiger partial charge in [0.05, 0.1) is 11.4 Å². The molecule has 2 heterocycles. The van der Waals surface area contributed by atoms with E-state index in [1.165, 1.54) is 11.1 Å². The van der Waals surface area contributed by atoms with Crippen molar-refractivity contribution in [2.75, 3.05) is 11.1 Å². The molecule has 0 atom stereocenters. The van der Waals surface area contributed by atoms with Crippen molar-refractivity contribution in [1.82, 2.24) is 9.97 Å². The molecule has 0 amide bonds. The molecule has 4 nitrogen and oxygen atoms in total. The molecule has 0 saturated carbocycles. The van der Waals surface area contributed by atoms with Crippen LogP contribution in [0, 0.1) is 13.8 Å². The number of nitrogens with zero attached hydrogens (tertiary/aromatic N) is 2. The van der Waals surface area contributed by atoms with Crippen LogP contribution >= 0.6 is 0 Å². The SMILES string of the molecule is Cc1cnccc1CNc1ccc(N)c(C)n1. The number of rotatable bonds is 3. The predicted octanol–water partition coefficient (Wildman–Crippen LogP) is 2.29. The van der Waals surface area contributed by atoms with Crippen LogP contribution in [0.5, 0.6) is 0 Å². The molecule has 0 saturated heterocycles. The van der Waals surface area contributed by atoms with Gasteiger partial charge in [-0.2, -0.15) is 0 Å². The minimum atomic E-state index is 0.718. The van der Waals surface area contributed by atoms with E-state index in [9.17, 15) is 0 Å². The molecule has 0 fully saturated rings. The van der Waals surface area contributed by atoms with Crippen LogP contribution < -0.4 is 11.1 Å². The number of aryl methyl sites for hydroxylation is 2. The normalized spacial score (nSPS) is 10.2. The number of nitrogen functional groups attached to an aromatic ring is 1. The van der Waals surface area contributed by atoms with Gasteiger partial charge in [-0.15, -0.1) is 0 Å². The predicted molar refractivity (Wildman–Crippen MR) is 69.7 cm³/mol. The van der Waals surface area contributed by atoms with Crippen molar-refractivity contribution >= 4 is 11.5 Å². The molecule has 2 rings (SSSR count). The lowest BCUT2D eigenvalue weighted by molar-refractivity contribution is 1.06. The Kier molecular flexibility index (Phi) is 3.23. The average molecular weight is 228 g/mol. The van der Waals surface area contributed by atoms with Crippen LogP contribution in [0.2, 0.25) is 0 Å². The van der Waals surface area contributed by atoms with Crippen molar-refractivity contribution in [2.24, 2.45) is 0 Å². The first-order valence-corrected chi connectivity index (χ1v) is 5.53. The molecular weight excluding hydrogens is 212 g/mol. The molecule has 0 unspecified atom stereocenters. The topological polar surface area (TPSA) is 63.8 Å². The van der Waals surface area contributed by atoms with Gasteiger partial charge in [0.1, 0.15) is 5.82 Å². The first kappa shape index (κ1) is 11.4. The number of hydrogen-bond donors (Lipinski definition) is 2. The minimum Gasteiger partial charge on any atom is -0.397 e. The zero-order valence-electron chi connectivity index (χ0n) is 10.1. The summed E-state index contributed by atoms with van der Waals surface area (Å²) in [4.78, 5) is 8.43. The zero-order valence-corrected chi connectivity index (χ0v) is 10.1. The number of aromatic nitrogens is 2. The average Bonchev–Trinajstić information content (AvgIpc) is 2.32. The largest absolute Gasteiger partial charge is 0.397 e. The van der Waals surface area contributed by atoms with Crippen molar-refractivity contribution < 1.29 is 0 Å². The van der Waals surface area contributed by atoms with E-state index in [4.69, 9.17) is 5.73 Å². The van der Waals surface area contributed by atoms with Crippen LogP contribution in [0.4, 0.5) is 11.5 Å². The van der Waals surface area contributed by atoms with Gasteiger partial charge in [0.25, 0.3) is 0 Å². The Hall–Kier alpha value is -2.10. The Balaban J connectivity index is 2.08. The molecular formula is C13H16N4. The number of nitrogens with one attached hydrogen (secondary N) is 1. The molecule has 0 bridgehead atoms. The van der Waals surface area contributed by atoms with Crippen LogP contribution in [0.1, 0.15) is 16.8 Å². The van der Waals surface area contributed by atoms with E-state index in [2.05, 4.69) is 15.3 Å². The second kappa shape index (κ2) is 4.82. The summed E-state index contributed by atoms with van der Waals surface area (Å²) in [5.74, 6) is 0.841. The van der Waals surface area contributed by atoms with E-state index >= 15 is 0 Å². The highest BCUT2D eigenvalue weighted by atomic mass is 15.0. The third-order valence-electron chi connectivity index (χ3n) is 2.72. The van der Waals surface area contributed by atoms with Gasteiger partial charge in [-0.3, -0.25) is 4.98 Å². The van der Waals surface area contributed by atoms with Crippen LogP contribution in [0.3, 0.4) is 0 Å². The van der Waals surface area contributed by atoms with Gasteiger partial charge in [0, 0.05) is 18.9 Å². The minimum absolute atomic E-state index is 0.718. The van der Waals surface area contributed by atoms with E-state index in [1.54, 1.807) is 6.20 Å². The molecule has 0 spiro atoms. The van der Waals surface area contributed by atoms with Gasteiger partial charge in [-0.05, 0) is 43.2 Å². The summed E-state index contributed by atoms with van der Waals surface area (Å²) in [6.45, 7) is 4.69. The Morgan fingerprint density at radius 2 is 2.06 bits per heavy atom. The summed E-state index contributed by atoms with van der Waals surface area (Å²) < 4.78 is 0. The number of hydrogen-bond acceptors (Lipinski definition) is 4. The lowest BCUT2D eigenvalue weighted by Gasteiger charge is -2.09. The van der Waals surface area contributed by atoms with E-state index in [-0.39, 0.29) is 0 Å². The second-order valence-electron chi connectivity index (χ2n) is 4.03. The molecule has 0 aromatic carbocycles. The second-order valence-corrected chi connectivity index (χ2v) is 4.03. The van der Waals surface area contributed by atoms with Crippen molar-refractivity contribution in [3.63, 3.8) is 0 Å². The fourth-order valence-electron chi connectivity index (χ4n) is 1.56. The smallest absolute Gasteiger partial charge is 0.126 e. The van der Waals surface area contributed by atoms with Crippen LogP contribution in [-0.4, -0.2) is 9.97 Å². The van der Waals surface area contributed by atoms with Gasteiger partial charge >= 0.3 is 0 Å². The number of nitrogens with two attached hydrogens (primary N) is 1. The number of anilines is 2. The maximum atomic E-state index is 5.72. The molecule has 0 aliphatic rings. The van der Waals surface area contributed by atoms with Crippen molar-refractivity contribution in [1.29, 1.82) is 0 Å². The maximum Gasteiger partial charge on any atom is 0.126 e. The van der Waals surface area contributed by atoms with Crippen LogP contribution in [-0.2, 0) is 6.54 Å². The molecule has 0 aliphatic heterocycles. The summed E-state index contributed by atoms with van der Waals surface area (Å²) in [5, 5.41) is 3.28. The van der Waals surface area contributed by atoms with Gasteiger partial charge in [-0.1, -0.05) is 0 Å². The highest BCUT2D eigenvalue weighted by Crippen LogP contribution is 2.13. The Morgan fingerprint density at radius 1 is 1.24 bits per heavy atom. The van der Waals surface area contributed by atoms with Crippen LogP contribution in [0.25, 0.3) is 0 Å². The van der Waals surface area contributed by atoms with Crippen molar-refractivity contribution in [3.8, 4) is 0 Å². The molecule has 17 heavy (non-hydrogen) atoms. The molecule has 0 radical (unpaired) electrons. The van der Waals surface area contributed by atoms with Crippen molar-refractivity contribution in [3.05, 3.63) is 47.4 Å². The van der Waals surface area contributed by atoms with E-state index in [0.29, 0.717) is 0 Å². The van der Waals surface area contributed by atoms with E-state index < -0.39 is 0 Å². The zero-order chi connectivity index (χ0) is 12.3. The summed E-state index contributed by atoms with van der Waals surface area (Å²) >= 11 is 0. The molecule has 4 heteroatoms. The highest BCUT2D eigenvalue weighted by Gasteiger charge is 2.00. The van der Waals surface area contributed by atoms with Gasteiger partial charge < -0.3 is 11.1 Å². The first-order chi connectivity index (χ1) is 8.16. The van der Waals surface area contributed by atoms with Crippen LogP contribution in [0.15, 0.2) is 30.6 Å². The van der Waals surface area contributed by atoms with Gasteiger partial charge in [0.15, 0.2) is 0 Å². The standard InChI is InChI=1S/C13H16N4/c1-9-7-15-6-5-11(9)8-16-13-4-3-12(14)10(2)17-13/h3-7H,8,14H2,1-2H3,(H,16,17). The fourth-order valence-corrected chi connectivity index (χ4v) is 1.56. The maximum absolute atomic E-state index is 5.72.